The van der Waals surface area contributed by atoms with E-state index in [4.69, 9.17) is 18.6 Å². The normalized spacial score (nSPS) is 17.4. The summed E-state index contributed by atoms with van der Waals surface area (Å²) in [7, 11) is 0. The monoisotopic (exact) mass is 517 g/mol. The van der Waals surface area contributed by atoms with Gasteiger partial charge in [0.2, 0.25) is 5.88 Å². The van der Waals surface area contributed by atoms with Crippen molar-refractivity contribution in [1.29, 1.82) is 0 Å². The Morgan fingerprint density at radius 3 is 2.76 bits per heavy atom. The maximum Gasteiger partial charge on any atom is 0.415 e. The predicted molar refractivity (Wildman–Crippen MR) is 133 cm³/mol. The van der Waals surface area contributed by atoms with Crippen LogP contribution < -0.4 is 20.6 Å². The van der Waals surface area contributed by atoms with E-state index in [2.05, 4.69) is 30.2 Å². The number of rotatable bonds is 9. The first-order valence-corrected chi connectivity index (χ1v) is 12.1. The van der Waals surface area contributed by atoms with E-state index in [-0.39, 0.29) is 17.9 Å². The summed E-state index contributed by atoms with van der Waals surface area (Å²) in [5.74, 6) is 0.809. The van der Waals surface area contributed by atoms with Gasteiger partial charge in [-0.1, -0.05) is 0 Å². The van der Waals surface area contributed by atoms with Crippen molar-refractivity contribution in [3.8, 4) is 17.3 Å². The van der Waals surface area contributed by atoms with Gasteiger partial charge in [0.25, 0.3) is 5.71 Å². The van der Waals surface area contributed by atoms with Crippen LogP contribution in [0.4, 0.5) is 10.6 Å². The van der Waals surface area contributed by atoms with Crippen LogP contribution in [0, 0.1) is 0 Å². The molecule has 13 nitrogen and oxygen atoms in total. The quantitative estimate of drug-likeness (QED) is 0.321. The van der Waals surface area contributed by atoms with Crippen LogP contribution in [0.2, 0.25) is 0 Å². The Kier molecular flexibility index (Phi) is 6.58. The van der Waals surface area contributed by atoms with Gasteiger partial charge in [0, 0.05) is 12.7 Å². The van der Waals surface area contributed by atoms with Gasteiger partial charge in [0.1, 0.15) is 35.4 Å². The van der Waals surface area contributed by atoms with Crippen molar-refractivity contribution in [2.24, 2.45) is 0 Å². The summed E-state index contributed by atoms with van der Waals surface area (Å²) in [6.45, 7) is 2.72. The average Bonchev–Trinajstić information content (AvgIpc) is 3.29. The van der Waals surface area contributed by atoms with Crippen molar-refractivity contribution in [3.63, 3.8) is 0 Å². The number of anilines is 1. The number of ether oxygens (including phenoxy) is 3. The molecule has 194 valence electrons. The Labute approximate surface area is 215 Å². The molecular weight excluding hydrogens is 494 g/mol. The van der Waals surface area contributed by atoms with E-state index in [1.165, 1.54) is 4.90 Å². The molecule has 2 fully saturated rings. The molecule has 0 spiro atoms. The van der Waals surface area contributed by atoms with E-state index < -0.39 is 11.7 Å². The minimum absolute atomic E-state index is 0.0375. The van der Waals surface area contributed by atoms with Gasteiger partial charge in [-0.05, 0) is 42.8 Å². The second kappa shape index (κ2) is 10.5. The smallest absolute Gasteiger partial charge is 0.415 e. The SMILES string of the molecule is O=C1O[C@@H](CCNCc2ccnc(-c3cnc(OC4COC4)cn3)c2)CN1c1ccc2ncc(=O)oc2n1. The van der Waals surface area contributed by atoms with E-state index in [9.17, 15) is 9.59 Å². The number of hydrogen-bond acceptors (Lipinski definition) is 12. The molecule has 4 aromatic heterocycles. The molecule has 6 rings (SSSR count). The van der Waals surface area contributed by atoms with Crippen LogP contribution in [0.25, 0.3) is 22.6 Å². The fraction of sp³-hybridized carbons (Fsp3) is 0.320. The lowest BCUT2D eigenvalue weighted by Gasteiger charge is -2.25. The molecule has 1 amide bonds. The van der Waals surface area contributed by atoms with Crippen LogP contribution >= 0.6 is 0 Å². The van der Waals surface area contributed by atoms with Gasteiger partial charge in [0.05, 0.1) is 37.8 Å². The zero-order valence-corrected chi connectivity index (χ0v) is 20.1. The Hall–Kier alpha value is -4.49. The number of amides is 1. The maximum atomic E-state index is 12.4. The molecule has 0 radical (unpaired) electrons. The van der Waals surface area contributed by atoms with Crippen molar-refractivity contribution in [3.05, 3.63) is 65.0 Å². The Morgan fingerprint density at radius 2 is 1.95 bits per heavy atom. The van der Waals surface area contributed by atoms with Crippen molar-refractivity contribution in [2.75, 3.05) is 31.2 Å². The van der Waals surface area contributed by atoms with Crippen LogP contribution in [-0.2, 0) is 16.0 Å². The first-order valence-electron chi connectivity index (χ1n) is 12.1. The number of nitrogens with zero attached hydrogens (tertiary/aromatic N) is 6. The van der Waals surface area contributed by atoms with Crippen LogP contribution in [0.3, 0.4) is 0 Å². The lowest BCUT2D eigenvalue weighted by Crippen LogP contribution is -2.38. The van der Waals surface area contributed by atoms with Crippen molar-refractivity contribution in [2.45, 2.75) is 25.2 Å². The average molecular weight is 518 g/mol. The molecule has 4 aromatic rings. The summed E-state index contributed by atoms with van der Waals surface area (Å²) in [5, 5.41) is 3.37. The number of carbonyl (C=O) groups excluding carboxylic acids is 1. The Bertz CT molecular complexity index is 1510. The van der Waals surface area contributed by atoms with Crippen molar-refractivity contribution >= 4 is 23.1 Å². The molecule has 6 heterocycles. The summed E-state index contributed by atoms with van der Waals surface area (Å²) in [5.41, 5.74) is 2.29. The van der Waals surface area contributed by atoms with E-state index in [1.807, 2.05) is 12.1 Å². The topological polar surface area (TPSA) is 155 Å². The van der Waals surface area contributed by atoms with Gasteiger partial charge in [0.15, 0.2) is 0 Å². The lowest BCUT2D eigenvalue weighted by atomic mass is 10.2. The highest BCUT2D eigenvalue weighted by atomic mass is 16.6. The molecule has 1 N–H and O–H groups in total. The number of nitrogens with one attached hydrogen (secondary N) is 1. The van der Waals surface area contributed by atoms with E-state index in [0.29, 0.717) is 67.9 Å². The van der Waals surface area contributed by atoms with E-state index in [1.54, 1.807) is 30.7 Å². The summed E-state index contributed by atoms with van der Waals surface area (Å²) in [4.78, 5) is 46.6. The highest BCUT2D eigenvalue weighted by molar-refractivity contribution is 5.89. The van der Waals surface area contributed by atoms with Crippen LogP contribution in [0.15, 0.2) is 58.3 Å². The maximum absolute atomic E-state index is 12.4. The largest absolute Gasteiger partial charge is 0.468 e. The molecule has 2 saturated heterocycles. The third-order valence-corrected chi connectivity index (χ3v) is 6.06. The second-order valence-corrected chi connectivity index (χ2v) is 8.82. The van der Waals surface area contributed by atoms with E-state index >= 15 is 0 Å². The number of cyclic esters (lactones) is 1. The van der Waals surface area contributed by atoms with Crippen molar-refractivity contribution < 1.29 is 23.4 Å². The van der Waals surface area contributed by atoms with Gasteiger partial charge in [-0.15, -0.1) is 0 Å². The van der Waals surface area contributed by atoms with Gasteiger partial charge in [-0.2, -0.15) is 4.98 Å². The standard InChI is InChI=1S/C25H23N7O6/c33-23-11-29-18-1-2-21(31-24(18)38-23)32-12-16(37-25(32)34)4-5-26-8-15-3-6-27-19(7-15)20-9-30-22(10-28-20)36-17-13-35-14-17/h1-3,6-7,9-11,16-17,26H,4-5,8,12-14H2/t16-/m0/s1. The summed E-state index contributed by atoms with van der Waals surface area (Å²) < 4.78 is 21.3. The fourth-order valence-corrected chi connectivity index (χ4v) is 4.03. The summed E-state index contributed by atoms with van der Waals surface area (Å²) >= 11 is 0. The van der Waals surface area contributed by atoms with Gasteiger partial charge >= 0.3 is 11.7 Å². The number of fused-ring (bicyclic) bond motifs is 1. The third kappa shape index (κ3) is 5.28. The number of carbonyl (C=O) groups is 1. The molecule has 0 aliphatic carbocycles. The minimum atomic E-state index is -0.605. The lowest BCUT2D eigenvalue weighted by molar-refractivity contribution is -0.0814. The molecule has 38 heavy (non-hydrogen) atoms. The second-order valence-electron chi connectivity index (χ2n) is 8.82. The Balaban J connectivity index is 1.00. The summed E-state index contributed by atoms with van der Waals surface area (Å²) in [6.07, 6.45) is 5.90. The molecule has 0 saturated carbocycles. The molecule has 2 aliphatic heterocycles. The zero-order chi connectivity index (χ0) is 25.9. The molecule has 13 heteroatoms. The molecule has 0 bridgehead atoms. The number of aromatic nitrogens is 5. The van der Waals surface area contributed by atoms with Crippen LogP contribution in [0.1, 0.15) is 12.0 Å². The molecule has 0 aromatic carbocycles. The first-order chi connectivity index (χ1) is 18.6. The van der Waals surface area contributed by atoms with Crippen molar-refractivity contribution in [1.82, 2.24) is 30.2 Å². The fourth-order valence-electron chi connectivity index (χ4n) is 4.03. The Morgan fingerprint density at radius 1 is 1.03 bits per heavy atom. The van der Waals surface area contributed by atoms with Gasteiger partial charge < -0.3 is 23.9 Å². The van der Waals surface area contributed by atoms with Gasteiger partial charge in [-0.3, -0.25) is 9.88 Å². The van der Waals surface area contributed by atoms with Crippen LogP contribution in [0.5, 0.6) is 5.88 Å². The van der Waals surface area contributed by atoms with Gasteiger partial charge in [-0.25, -0.2) is 24.5 Å². The molecular formula is C25H23N7O6. The van der Waals surface area contributed by atoms with Crippen LogP contribution in [-0.4, -0.2) is 69.5 Å². The predicted octanol–water partition coefficient (Wildman–Crippen LogP) is 1.72. The minimum Gasteiger partial charge on any atom is -0.468 e. The highest BCUT2D eigenvalue weighted by Gasteiger charge is 2.33. The summed E-state index contributed by atoms with van der Waals surface area (Å²) in [6, 6.07) is 7.16. The number of hydrogen-bond donors (Lipinski definition) is 1. The van der Waals surface area contributed by atoms with E-state index in [0.717, 1.165) is 11.8 Å². The molecule has 2 aliphatic rings. The number of pyridine rings is 2. The molecule has 0 unspecified atom stereocenters. The zero-order valence-electron chi connectivity index (χ0n) is 20.1. The molecule has 1 atom stereocenters. The highest BCUT2D eigenvalue weighted by Crippen LogP contribution is 2.23. The first kappa shape index (κ1) is 23.9. The third-order valence-electron chi connectivity index (χ3n) is 6.06.